The molecule has 0 bridgehead atoms. The molecule has 3 rings (SSSR count). The Balaban J connectivity index is 2.03. The van der Waals surface area contributed by atoms with Crippen molar-refractivity contribution in [3.63, 3.8) is 0 Å². The zero-order chi connectivity index (χ0) is 14.7. The van der Waals surface area contributed by atoms with Crippen LogP contribution in [-0.2, 0) is 0 Å². The smallest absolute Gasteiger partial charge is 0.111 e. The number of thiophene rings is 1. The molecule has 102 valence electrons. The van der Waals surface area contributed by atoms with E-state index in [0.29, 0.717) is 10.6 Å². The van der Waals surface area contributed by atoms with Gasteiger partial charge in [-0.3, -0.25) is 0 Å². The Labute approximate surface area is 132 Å². The summed E-state index contributed by atoms with van der Waals surface area (Å²) in [6, 6.07) is 19.6. The molecule has 3 aromatic rings. The molecule has 2 aromatic carbocycles. The van der Waals surface area contributed by atoms with Crippen LogP contribution in [0.25, 0.3) is 11.1 Å². The molecule has 1 aromatic heterocycles. The molecule has 0 radical (unpaired) electrons. The van der Waals surface area contributed by atoms with Crippen LogP contribution in [0.3, 0.4) is 0 Å². The second kappa shape index (κ2) is 6.01. The van der Waals surface area contributed by atoms with Crippen molar-refractivity contribution in [2.45, 2.75) is 0 Å². The van der Waals surface area contributed by atoms with E-state index in [4.69, 9.17) is 11.6 Å². The van der Waals surface area contributed by atoms with Crippen LogP contribution in [0.4, 0.5) is 10.7 Å². The standard InChI is InChI=1S/C17H11ClN2S/c18-16-9-5-4-8-13(16)15-11-21-17(14(15)10-19)20-12-6-2-1-3-7-12/h1-9,11,20H. The molecule has 0 aliphatic carbocycles. The third kappa shape index (κ3) is 2.78. The van der Waals surface area contributed by atoms with Gasteiger partial charge in [0.15, 0.2) is 0 Å². The third-order valence-electron chi connectivity index (χ3n) is 3.10. The Kier molecular flexibility index (Phi) is 3.92. The van der Waals surface area contributed by atoms with Crippen LogP contribution in [0.1, 0.15) is 5.56 Å². The van der Waals surface area contributed by atoms with Crippen molar-refractivity contribution in [3.8, 4) is 17.2 Å². The van der Waals surface area contributed by atoms with E-state index in [0.717, 1.165) is 21.8 Å². The van der Waals surface area contributed by atoms with Crippen LogP contribution >= 0.6 is 22.9 Å². The average Bonchev–Trinajstić information content (AvgIpc) is 2.91. The molecule has 0 spiro atoms. The number of hydrogen-bond donors (Lipinski definition) is 1. The fourth-order valence-electron chi connectivity index (χ4n) is 2.09. The lowest BCUT2D eigenvalue weighted by Crippen LogP contribution is -1.90. The van der Waals surface area contributed by atoms with Crippen LogP contribution in [0.2, 0.25) is 5.02 Å². The van der Waals surface area contributed by atoms with E-state index in [2.05, 4.69) is 11.4 Å². The van der Waals surface area contributed by atoms with E-state index in [1.165, 1.54) is 11.3 Å². The van der Waals surface area contributed by atoms with Gasteiger partial charge in [0.2, 0.25) is 0 Å². The number of rotatable bonds is 3. The first-order chi connectivity index (χ1) is 10.3. The minimum Gasteiger partial charge on any atom is -0.346 e. The quantitative estimate of drug-likeness (QED) is 0.675. The second-order valence-electron chi connectivity index (χ2n) is 4.44. The van der Waals surface area contributed by atoms with E-state index < -0.39 is 0 Å². The molecule has 0 unspecified atom stereocenters. The molecule has 0 fully saturated rings. The van der Waals surface area contributed by atoms with E-state index in [1.807, 2.05) is 60.0 Å². The van der Waals surface area contributed by atoms with Gasteiger partial charge in [-0.15, -0.1) is 11.3 Å². The maximum absolute atomic E-state index is 9.49. The van der Waals surface area contributed by atoms with Crippen LogP contribution in [0, 0.1) is 11.3 Å². The van der Waals surface area contributed by atoms with Gasteiger partial charge in [0.25, 0.3) is 0 Å². The summed E-state index contributed by atoms with van der Waals surface area (Å²) >= 11 is 7.74. The number of hydrogen-bond acceptors (Lipinski definition) is 3. The topological polar surface area (TPSA) is 35.8 Å². The van der Waals surface area contributed by atoms with E-state index in [-0.39, 0.29) is 0 Å². The summed E-state index contributed by atoms with van der Waals surface area (Å²) in [5.41, 5.74) is 3.33. The number of anilines is 2. The molecule has 0 amide bonds. The summed E-state index contributed by atoms with van der Waals surface area (Å²) in [5, 5.41) is 16.2. The zero-order valence-corrected chi connectivity index (χ0v) is 12.6. The summed E-state index contributed by atoms with van der Waals surface area (Å²) in [7, 11) is 0. The lowest BCUT2D eigenvalue weighted by Gasteiger charge is -2.05. The number of nitrogens with one attached hydrogen (secondary N) is 1. The third-order valence-corrected chi connectivity index (χ3v) is 4.32. The molecule has 2 nitrogen and oxygen atoms in total. The molecule has 0 atom stereocenters. The molecular weight excluding hydrogens is 300 g/mol. The van der Waals surface area contributed by atoms with Crippen molar-refractivity contribution in [1.82, 2.24) is 0 Å². The number of nitriles is 1. The SMILES string of the molecule is N#Cc1c(-c2ccccc2Cl)csc1Nc1ccccc1. The van der Waals surface area contributed by atoms with Crippen molar-refractivity contribution in [1.29, 1.82) is 5.26 Å². The highest BCUT2D eigenvalue weighted by Crippen LogP contribution is 2.39. The van der Waals surface area contributed by atoms with Crippen molar-refractivity contribution in [2.24, 2.45) is 0 Å². The first-order valence-electron chi connectivity index (χ1n) is 6.38. The number of para-hydroxylation sites is 1. The molecule has 0 aliphatic rings. The van der Waals surface area contributed by atoms with Gasteiger partial charge in [0, 0.05) is 27.2 Å². The fourth-order valence-corrected chi connectivity index (χ4v) is 3.26. The summed E-state index contributed by atoms with van der Waals surface area (Å²) in [5.74, 6) is 0. The lowest BCUT2D eigenvalue weighted by molar-refractivity contribution is 1.49. The average molecular weight is 311 g/mol. The maximum Gasteiger partial charge on any atom is 0.111 e. The fraction of sp³-hybridized carbons (Fsp3) is 0. The maximum atomic E-state index is 9.49. The van der Waals surface area contributed by atoms with Gasteiger partial charge in [-0.1, -0.05) is 48.0 Å². The van der Waals surface area contributed by atoms with E-state index in [9.17, 15) is 5.26 Å². The normalized spacial score (nSPS) is 10.1. The molecular formula is C17H11ClN2S. The first-order valence-corrected chi connectivity index (χ1v) is 7.64. The van der Waals surface area contributed by atoms with Gasteiger partial charge in [0.05, 0.1) is 5.56 Å². The first kappa shape index (κ1) is 13.7. The number of benzene rings is 2. The van der Waals surface area contributed by atoms with Gasteiger partial charge < -0.3 is 5.32 Å². The van der Waals surface area contributed by atoms with Gasteiger partial charge in [-0.2, -0.15) is 5.26 Å². The highest BCUT2D eigenvalue weighted by molar-refractivity contribution is 7.15. The highest BCUT2D eigenvalue weighted by atomic mass is 35.5. The van der Waals surface area contributed by atoms with E-state index in [1.54, 1.807) is 0 Å². The van der Waals surface area contributed by atoms with Gasteiger partial charge >= 0.3 is 0 Å². The summed E-state index contributed by atoms with van der Waals surface area (Å²) in [6.45, 7) is 0. The predicted molar refractivity (Wildman–Crippen MR) is 89.2 cm³/mol. The number of nitrogens with zero attached hydrogens (tertiary/aromatic N) is 1. The van der Waals surface area contributed by atoms with Gasteiger partial charge in [-0.25, -0.2) is 0 Å². The van der Waals surface area contributed by atoms with Crippen LogP contribution in [0.15, 0.2) is 60.0 Å². The minimum atomic E-state index is 0.622. The predicted octanol–water partition coefficient (Wildman–Crippen LogP) is 5.68. The highest BCUT2D eigenvalue weighted by Gasteiger charge is 2.15. The van der Waals surface area contributed by atoms with Crippen LogP contribution in [0.5, 0.6) is 0 Å². The van der Waals surface area contributed by atoms with Gasteiger partial charge in [-0.05, 0) is 18.2 Å². The Morgan fingerprint density at radius 1 is 0.952 bits per heavy atom. The minimum absolute atomic E-state index is 0.622. The van der Waals surface area contributed by atoms with Crippen LogP contribution in [-0.4, -0.2) is 0 Å². The Morgan fingerprint density at radius 2 is 1.67 bits per heavy atom. The molecule has 4 heteroatoms. The Bertz CT molecular complexity index is 803. The molecule has 0 saturated carbocycles. The molecule has 1 N–H and O–H groups in total. The lowest BCUT2D eigenvalue weighted by atomic mass is 10.0. The van der Waals surface area contributed by atoms with Gasteiger partial charge in [0.1, 0.15) is 11.1 Å². The summed E-state index contributed by atoms with van der Waals surface area (Å²) in [4.78, 5) is 0. The number of halogens is 1. The molecule has 0 saturated heterocycles. The van der Waals surface area contributed by atoms with E-state index >= 15 is 0 Å². The van der Waals surface area contributed by atoms with Crippen molar-refractivity contribution in [2.75, 3.05) is 5.32 Å². The second-order valence-corrected chi connectivity index (χ2v) is 5.72. The summed E-state index contributed by atoms with van der Waals surface area (Å²) in [6.07, 6.45) is 0. The monoisotopic (exact) mass is 310 g/mol. The van der Waals surface area contributed by atoms with Crippen molar-refractivity contribution in [3.05, 3.63) is 70.6 Å². The summed E-state index contributed by atoms with van der Waals surface area (Å²) < 4.78 is 0. The van der Waals surface area contributed by atoms with Crippen molar-refractivity contribution >= 4 is 33.6 Å². The molecule has 0 aliphatic heterocycles. The largest absolute Gasteiger partial charge is 0.346 e. The Morgan fingerprint density at radius 3 is 2.38 bits per heavy atom. The van der Waals surface area contributed by atoms with Crippen LogP contribution < -0.4 is 5.32 Å². The zero-order valence-electron chi connectivity index (χ0n) is 11.0. The molecule has 1 heterocycles. The Hall–Kier alpha value is -2.28. The van der Waals surface area contributed by atoms with Crippen molar-refractivity contribution < 1.29 is 0 Å². The molecule has 21 heavy (non-hydrogen) atoms.